The van der Waals surface area contributed by atoms with E-state index in [1.165, 1.54) is 6.07 Å². The first-order valence-electron chi connectivity index (χ1n) is 5.91. The lowest BCUT2D eigenvalue weighted by Gasteiger charge is -2.07. The molecule has 0 amide bonds. The van der Waals surface area contributed by atoms with E-state index in [0.29, 0.717) is 12.4 Å². The van der Waals surface area contributed by atoms with Crippen LogP contribution in [0.1, 0.15) is 12.8 Å². The Morgan fingerprint density at radius 2 is 1.94 bits per heavy atom. The van der Waals surface area contributed by atoms with Gasteiger partial charge in [-0.05, 0) is 31.5 Å². The molecule has 1 aromatic carbocycles. The number of unbranched alkanes of at least 4 members (excludes halogenated alkanes) is 1. The van der Waals surface area contributed by atoms with Gasteiger partial charge < -0.3 is 14.8 Å². The standard InChI is InChI=1S/C13H20FNO2/c1-16-11-9-15-8-4-5-10-17-13-7-3-2-6-12(13)14/h2-3,6-7,15H,4-5,8-11H2,1H3. The van der Waals surface area contributed by atoms with Crippen LogP contribution >= 0.6 is 0 Å². The fourth-order valence-corrected chi connectivity index (χ4v) is 1.40. The van der Waals surface area contributed by atoms with Crippen LogP contribution in [0.2, 0.25) is 0 Å². The van der Waals surface area contributed by atoms with Crippen LogP contribution in [0.5, 0.6) is 5.75 Å². The number of halogens is 1. The molecule has 0 bridgehead atoms. The summed E-state index contributed by atoms with van der Waals surface area (Å²) in [7, 11) is 1.68. The summed E-state index contributed by atoms with van der Waals surface area (Å²) in [5, 5.41) is 3.24. The summed E-state index contributed by atoms with van der Waals surface area (Å²) in [6, 6.07) is 6.47. The summed E-state index contributed by atoms with van der Waals surface area (Å²) < 4.78 is 23.4. The van der Waals surface area contributed by atoms with E-state index in [4.69, 9.17) is 9.47 Å². The Hall–Kier alpha value is -1.13. The van der Waals surface area contributed by atoms with Gasteiger partial charge in [0.2, 0.25) is 0 Å². The minimum atomic E-state index is -0.300. The van der Waals surface area contributed by atoms with Crippen LogP contribution in [-0.2, 0) is 4.74 Å². The Morgan fingerprint density at radius 1 is 1.12 bits per heavy atom. The van der Waals surface area contributed by atoms with Gasteiger partial charge in [-0.2, -0.15) is 0 Å². The van der Waals surface area contributed by atoms with Crippen LogP contribution < -0.4 is 10.1 Å². The SMILES string of the molecule is COCCNCCCCOc1ccccc1F. The molecule has 4 heteroatoms. The van der Waals surface area contributed by atoms with Crippen LogP contribution in [0.25, 0.3) is 0 Å². The second-order valence-electron chi connectivity index (χ2n) is 3.73. The van der Waals surface area contributed by atoms with Crippen LogP contribution in [0.3, 0.4) is 0 Å². The number of hydrogen-bond donors (Lipinski definition) is 1. The first-order valence-corrected chi connectivity index (χ1v) is 5.91. The molecule has 0 saturated carbocycles. The highest BCUT2D eigenvalue weighted by Gasteiger charge is 2.00. The lowest BCUT2D eigenvalue weighted by Crippen LogP contribution is -2.20. The average Bonchev–Trinajstić information content (AvgIpc) is 2.35. The Morgan fingerprint density at radius 3 is 2.71 bits per heavy atom. The fourth-order valence-electron chi connectivity index (χ4n) is 1.40. The molecule has 3 nitrogen and oxygen atoms in total. The number of nitrogens with one attached hydrogen (secondary N) is 1. The number of methoxy groups -OCH3 is 1. The molecule has 17 heavy (non-hydrogen) atoms. The van der Waals surface area contributed by atoms with Crippen molar-refractivity contribution in [3.63, 3.8) is 0 Å². The zero-order valence-corrected chi connectivity index (χ0v) is 10.2. The smallest absolute Gasteiger partial charge is 0.165 e. The molecule has 1 aromatic rings. The molecule has 0 aromatic heterocycles. The van der Waals surface area contributed by atoms with Crippen molar-refractivity contribution in [3.05, 3.63) is 30.1 Å². The molecule has 0 aliphatic carbocycles. The molecular formula is C13H20FNO2. The maximum absolute atomic E-state index is 13.2. The van der Waals surface area contributed by atoms with Gasteiger partial charge in [-0.1, -0.05) is 12.1 Å². The van der Waals surface area contributed by atoms with Gasteiger partial charge in [-0.25, -0.2) is 4.39 Å². The molecular weight excluding hydrogens is 221 g/mol. The molecule has 1 rings (SSSR count). The molecule has 1 N–H and O–H groups in total. The van der Waals surface area contributed by atoms with E-state index in [1.807, 2.05) is 0 Å². The summed E-state index contributed by atoms with van der Waals surface area (Å²) in [5.41, 5.74) is 0. The Labute approximate surface area is 102 Å². The van der Waals surface area contributed by atoms with Crippen molar-refractivity contribution in [1.29, 1.82) is 0 Å². The minimum absolute atomic E-state index is 0.300. The van der Waals surface area contributed by atoms with Crippen LogP contribution in [0.15, 0.2) is 24.3 Å². The number of ether oxygens (including phenoxy) is 2. The van der Waals surface area contributed by atoms with Crippen molar-refractivity contribution in [2.45, 2.75) is 12.8 Å². The van der Waals surface area contributed by atoms with E-state index in [0.717, 1.165) is 32.5 Å². The molecule has 0 aliphatic rings. The summed E-state index contributed by atoms with van der Waals surface area (Å²) in [6.07, 6.45) is 1.92. The zero-order valence-electron chi connectivity index (χ0n) is 10.2. The van der Waals surface area contributed by atoms with E-state index in [2.05, 4.69) is 5.32 Å². The van der Waals surface area contributed by atoms with Gasteiger partial charge in [-0.15, -0.1) is 0 Å². The van der Waals surface area contributed by atoms with Crippen LogP contribution in [0, 0.1) is 5.82 Å². The highest BCUT2D eigenvalue weighted by molar-refractivity contribution is 5.23. The van der Waals surface area contributed by atoms with Gasteiger partial charge in [-0.3, -0.25) is 0 Å². The lowest BCUT2D eigenvalue weighted by molar-refractivity contribution is 0.199. The summed E-state index contributed by atoms with van der Waals surface area (Å²) in [6.45, 7) is 3.08. The molecule has 0 fully saturated rings. The van der Waals surface area contributed by atoms with Gasteiger partial charge in [0.1, 0.15) is 0 Å². The van der Waals surface area contributed by atoms with Crippen molar-refractivity contribution < 1.29 is 13.9 Å². The summed E-state index contributed by atoms with van der Waals surface area (Å²) >= 11 is 0. The predicted molar refractivity (Wildman–Crippen MR) is 65.9 cm³/mol. The zero-order chi connectivity index (χ0) is 12.3. The molecule has 0 unspecified atom stereocenters. The van der Waals surface area contributed by atoms with Crippen molar-refractivity contribution in [3.8, 4) is 5.75 Å². The minimum Gasteiger partial charge on any atom is -0.491 e. The van der Waals surface area contributed by atoms with Gasteiger partial charge in [0, 0.05) is 13.7 Å². The van der Waals surface area contributed by atoms with Gasteiger partial charge in [0.15, 0.2) is 11.6 Å². The summed E-state index contributed by atoms with van der Waals surface area (Å²) in [4.78, 5) is 0. The second kappa shape index (κ2) is 8.96. The lowest BCUT2D eigenvalue weighted by atomic mass is 10.3. The van der Waals surface area contributed by atoms with Crippen molar-refractivity contribution >= 4 is 0 Å². The molecule has 96 valence electrons. The number of benzene rings is 1. The Kier molecular flexibility index (Phi) is 7.34. The highest BCUT2D eigenvalue weighted by atomic mass is 19.1. The van der Waals surface area contributed by atoms with Gasteiger partial charge in [0.25, 0.3) is 0 Å². The van der Waals surface area contributed by atoms with Crippen molar-refractivity contribution in [2.24, 2.45) is 0 Å². The summed E-state index contributed by atoms with van der Waals surface area (Å²) in [5.74, 6) is 0.0329. The fraction of sp³-hybridized carbons (Fsp3) is 0.538. The van der Waals surface area contributed by atoms with Crippen LogP contribution in [-0.4, -0.2) is 33.4 Å². The molecule has 0 radical (unpaired) electrons. The van der Waals surface area contributed by atoms with E-state index in [9.17, 15) is 4.39 Å². The maximum atomic E-state index is 13.2. The van der Waals surface area contributed by atoms with E-state index in [-0.39, 0.29) is 5.82 Å². The maximum Gasteiger partial charge on any atom is 0.165 e. The first kappa shape index (κ1) is 13.9. The van der Waals surface area contributed by atoms with Gasteiger partial charge in [0.05, 0.1) is 13.2 Å². The number of hydrogen-bond acceptors (Lipinski definition) is 3. The molecule has 0 spiro atoms. The highest BCUT2D eigenvalue weighted by Crippen LogP contribution is 2.15. The predicted octanol–water partition coefficient (Wildman–Crippen LogP) is 2.22. The number of para-hydroxylation sites is 1. The number of rotatable bonds is 9. The molecule has 0 atom stereocenters. The average molecular weight is 241 g/mol. The third kappa shape index (κ3) is 6.24. The van der Waals surface area contributed by atoms with E-state index in [1.54, 1.807) is 25.3 Å². The van der Waals surface area contributed by atoms with Gasteiger partial charge >= 0.3 is 0 Å². The largest absolute Gasteiger partial charge is 0.491 e. The van der Waals surface area contributed by atoms with E-state index < -0.39 is 0 Å². The Balaban J connectivity index is 1.99. The normalized spacial score (nSPS) is 10.5. The van der Waals surface area contributed by atoms with Crippen LogP contribution in [0.4, 0.5) is 4.39 Å². The quantitative estimate of drug-likeness (QED) is 0.672. The molecule has 0 heterocycles. The monoisotopic (exact) mass is 241 g/mol. The first-order chi connectivity index (χ1) is 8.34. The third-order valence-corrected chi connectivity index (χ3v) is 2.33. The molecule has 0 aliphatic heterocycles. The topological polar surface area (TPSA) is 30.5 Å². The van der Waals surface area contributed by atoms with Crippen molar-refractivity contribution in [2.75, 3.05) is 33.4 Å². The molecule has 0 saturated heterocycles. The van der Waals surface area contributed by atoms with E-state index >= 15 is 0 Å². The second-order valence-corrected chi connectivity index (χ2v) is 3.73. The Bertz CT molecular complexity index is 307. The van der Waals surface area contributed by atoms with Crippen molar-refractivity contribution in [1.82, 2.24) is 5.32 Å². The third-order valence-electron chi connectivity index (χ3n) is 2.33.